The first-order valence-corrected chi connectivity index (χ1v) is 8.77. The van der Waals surface area contributed by atoms with Crippen molar-refractivity contribution >= 4 is 0 Å². The SMILES string of the molecule is CCCNC(Cc1ccccc1)C1CC2CCC(C1)N2C. The predicted molar refractivity (Wildman–Crippen MR) is 89.5 cm³/mol. The van der Waals surface area contributed by atoms with Gasteiger partial charge in [-0.15, -0.1) is 0 Å². The molecule has 0 spiro atoms. The van der Waals surface area contributed by atoms with Gasteiger partial charge in [0.1, 0.15) is 0 Å². The van der Waals surface area contributed by atoms with E-state index in [1.807, 2.05) is 0 Å². The fourth-order valence-corrected chi connectivity index (χ4v) is 4.39. The lowest BCUT2D eigenvalue weighted by molar-refractivity contribution is 0.112. The van der Waals surface area contributed by atoms with E-state index in [1.54, 1.807) is 0 Å². The van der Waals surface area contributed by atoms with Gasteiger partial charge in [0, 0.05) is 18.1 Å². The number of hydrogen-bond acceptors (Lipinski definition) is 2. The zero-order valence-electron chi connectivity index (χ0n) is 13.6. The number of nitrogens with zero attached hydrogens (tertiary/aromatic N) is 1. The van der Waals surface area contributed by atoms with Gasteiger partial charge >= 0.3 is 0 Å². The first-order valence-electron chi connectivity index (χ1n) is 8.77. The molecule has 3 atom stereocenters. The third-order valence-corrected chi connectivity index (χ3v) is 5.66. The normalized spacial score (nSPS) is 30.5. The Kier molecular flexibility index (Phi) is 4.97. The predicted octanol–water partition coefficient (Wildman–Crippen LogP) is 3.47. The number of piperidine rings is 1. The molecule has 3 rings (SSSR count). The molecule has 2 saturated heterocycles. The lowest BCUT2D eigenvalue weighted by atomic mass is 9.82. The fraction of sp³-hybridized carbons (Fsp3) is 0.684. The van der Waals surface area contributed by atoms with Crippen molar-refractivity contribution in [2.75, 3.05) is 13.6 Å². The van der Waals surface area contributed by atoms with Gasteiger partial charge in [0.2, 0.25) is 0 Å². The average molecular weight is 286 g/mol. The minimum atomic E-state index is 0.657. The third kappa shape index (κ3) is 3.49. The number of benzene rings is 1. The van der Waals surface area contributed by atoms with E-state index in [9.17, 15) is 0 Å². The van der Waals surface area contributed by atoms with Crippen molar-refractivity contribution in [1.29, 1.82) is 0 Å². The maximum atomic E-state index is 3.85. The minimum Gasteiger partial charge on any atom is -0.313 e. The molecule has 0 amide bonds. The minimum absolute atomic E-state index is 0.657. The van der Waals surface area contributed by atoms with E-state index < -0.39 is 0 Å². The molecule has 21 heavy (non-hydrogen) atoms. The van der Waals surface area contributed by atoms with E-state index in [4.69, 9.17) is 0 Å². The van der Waals surface area contributed by atoms with E-state index >= 15 is 0 Å². The third-order valence-electron chi connectivity index (χ3n) is 5.66. The summed E-state index contributed by atoms with van der Waals surface area (Å²) in [5.74, 6) is 0.852. The molecule has 2 fully saturated rings. The van der Waals surface area contributed by atoms with Crippen molar-refractivity contribution in [2.45, 2.75) is 63.6 Å². The molecule has 1 aromatic carbocycles. The first-order chi connectivity index (χ1) is 10.3. The average Bonchev–Trinajstić information content (AvgIpc) is 2.74. The Bertz CT molecular complexity index is 416. The van der Waals surface area contributed by atoms with E-state index in [2.05, 4.69) is 54.5 Å². The van der Waals surface area contributed by atoms with Crippen LogP contribution in [-0.2, 0) is 6.42 Å². The van der Waals surface area contributed by atoms with Crippen LogP contribution >= 0.6 is 0 Å². The maximum Gasteiger partial charge on any atom is 0.0137 e. The second kappa shape index (κ2) is 6.93. The molecule has 0 radical (unpaired) electrons. The molecule has 2 heteroatoms. The molecule has 2 aliphatic rings. The zero-order chi connectivity index (χ0) is 14.7. The highest BCUT2D eigenvalue weighted by molar-refractivity contribution is 5.16. The van der Waals surface area contributed by atoms with Gasteiger partial charge in [-0.2, -0.15) is 0 Å². The molecule has 0 aliphatic carbocycles. The molecule has 0 aromatic heterocycles. The summed E-state index contributed by atoms with van der Waals surface area (Å²) in [5.41, 5.74) is 1.48. The number of hydrogen-bond donors (Lipinski definition) is 1. The summed E-state index contributed by atoms with van der Waals surface area (Å²) in [5, 5.41) is 3.85. The lowest BCUT2D eigenvalue weighted by Crippen LogP contribution is -2.48. The number of rotatable bonds is 6. The topological polar surface area (TPSA) is 15.3 Å². The van der Waals surface area contributed by atoms with E-state index in [1.165, 1.54) is 44.1 Å². The monoisotopic (exact) mass is 286 g/mol. The van der Waals surface area contributed by atoms with Gasteiger partial charge in [0.25, 0.3) is 0 Å². The summed E-state index contributed by atoms with van der Waals surface area (Å²) >= 11 is 0. The Morgan fingerprint density at radius 2 is 1.81 bits per heavy atom. The Balaban J connectivity index is 1.67. The molecule has 1 N–H and O–H groups in total. The highest BCUT2D eigenvalue weighted by Crippen LogP contribution is 2.39. The van der Waals surface area contributed by atoms with E-state index in [0.29, 0.717) is 6.04 Å². The van der Waals surface area contributed by atoms with Gasteiger partial charge in [-0.25, -0.2) is 0 Å². The van der Waals surface area contributed by atoms with Crippen LogP contribution in [0.1, 0.15) is 44.6 Å². The summed E-state index contributed by atoms with van der Waals surface area (Å²) in [7, 11) is 2.34. The molecule has 2 heterocycles. The Morgan fingerprint density at radius 1 is 1.14 bits per heavy atom. The van der Waals surface area contributed by atoms with Crippen molar-refractivity contribution in [1.82, 2.24) is 10.2 Å². The van der Waals surface area contributed by atoms with Gasteiger partial charge in [0.15, 0.2) is 0 Å². The van der Waals surface area contributed by atoms with Gasteiger partial charge in [0.05, 0.1) is 0 Å². The standard InChI is InChI=1S/C19H30N2/c1-3-11-20-19(12-15-7-5-4-6-8-15)16-13-17-9-10-18(14-16)21(17)2/h4-8,16-20H,3,9-14H2,1-2H3. The quantitative estimate of drug-likeness (QED) is 0.861. The van der Waals surface area contributed by atoms with E-state index in [-0.39, 0.29) is 0 Å². The first kappa shape index (κ1) is 15.1. The van der Waals surface area contributed by atoms with Crippen LogP contribution in [0.15, 0.2) is 30.3 Å². The van der Waals surface area contributed by atoms with Crippen molar-refractivity contribution in [2.24, 2.45) is 5.92 Å². The van der Waals surface area contributed by atoms with Crippen molar-refractivity contribution in [3.63, 3.8) is 0 Å². The molecular weight excluding hydrogens is 256 g/mol. The number of nitrogens with one attached hydrogen (secondary N) is 1. The molecule has 2 aliphatic heterocycles. The fourth-order valence-electron chi connectivity index (χ4n) is 4.39. The lowest BCUT2D eigenvalue weighted by Gasteiger charge is -2.40. The summed E-state index contributed by atoms with van der Waals surface area (Å²) in [6.07, 6.45) is 8.04. The van der Waals surface area contributed by atoms with E-state index in [0.717, 1.165) is 24.5 Å². The highest BCUT2D eigenvalue weighted by Gasteiger charge is 2.40. The van der Waals surface area contributed by atoms with Gasteiger partial charge in [-0.1, -0.05) is 37.3 Å². The molecule has 2 bridgehead atoms. The van der Waals surface area contributed by atoms with Crippen LogP contribution in [0.3, 0.4) is 0 Å². The van der Waals surface area contributed by atoms with Gasteiger partial charge in [-0.05, 0) is 63.6 Å². The summed E-state index contributed by atoms with van der Waals surface area (Å²) in [6.45, 7) is 3.42. The largest absolute Gasteiger partial charge is 0.313 e. The molecule has 1 aromatic rings. The van der Waals surface area contributed by atoms with Crippen LogP contribution in [0.25, 0.3) is 0 Å². The van der Waals surface area contributed by atoms with Crippen LogP contribution in [0.5, 0.6) is 0 Å². The van der Waals surface area contributed by atoms with Crippen LogP contribution < -0.4 is 5.32 Å². The van der Waals surface area contributed by atoms with Crippen LogP contribution in [0, 0.1) is 5.92 Å². The molecule has 0 saturated carbocycles. The smallest absolute Gasteiger partial charge is 0.0137 e. The van der Waals surface area contributed by atoms with Crippen molar-refractivity contribution in [3.05, 3.63) is 35.9 Å². The maximum absolute atomic E-state index is 3.85. The van der Waals surface area contributed by atoms with Gasteiger partial charge in [-0.3, -0.25) is 0 Å². The van der Waals surface area contributed by atoms with Crippen LogP contribution in [0.4, 0.5) is 0 Å². The van der Waals surface area contributed by atoms with Crippen molar-refractivity contribution in [3.8, 4) is 0 Å². The zero-order valence-corrected chi connectivity index (χ0v) is 13.6. The molecule has 3 unspecified atom stereocenters. The summed E-state index contributed by atoms with van der Waals surface area (Å²) in [4.78, 5) is 2.65. The second-order valence-electron chi connectivity index (χ2n) is 7.03. The van der Waals surface area contributed by atoms with Crippen LogP contribution in [-0.4, -0.2) is 36.6 Å². The van der Waals surface area contributed by atoms with Crippen LogP contribution in [0.2, 0.25) is 0 Å². The summed E-state index contributed by atoms with van der Waals surface area (Å²) < 4.78 is 0. The Labute approximate surface area is 129 Å². The molecule has 116 valence electrons. The number of fused-ring (bicyclic) bond motifs is 2. The molecular formula is C19H30N2. The Morgan fingerprint density at radius 3 is 2.43 bits per heavy atom. The highest BCUT2D eigenvalue weighted by atomic mass is 15.2. The second-order valence-corrected chi connectivity index (χ2v) is 7.03. The summed E-state index contributed by atoms with van der Waals surface area (Å²) in [6, 6.07) is 13.4. The molecule has 2 nitrogen and oxygen atoms in total. The Hall–Kier alpha value is -0.860. The van der Waals surface area contributed by atoms with Crippen molar-refractivity contribution < 1.29 is 0 Å². The van der Waals surface area contributed by atoms with Gasteiger partial charge < -0.3 is 10.2 Å².